The van der Waals surface area contributed by atoms with Gasteiger partial charge in [0, 0.05) is 23.0 Å². The van der Waals surface area contributed by atoms with Crippen LogP contribution < -0.4 is 10.0 Å². The van der Waals surface area contributed by atoms with Gasteiger partial charge in [0.05, 0.1) is 14.8 Å². The number of halogens is 2. The van der Waals surface area contributed by atoms with E-state index in [-0.39, 0.29) is 26.2 Å². The molecule has 0 aliphatic rings. The van der Waals surface area contributed by atoms with Gasteiger partial charge < -0.3 is 10.1 Å². The lowest BCUT2D eigenvalue weighted by atomic mass is 10.1. The number of hydrogen-bond acceptors (Lipinski definition) is 8. The first-order chi connectivity index (χ1) is 18.5. The third-order valence-corrected chi connectivity index (χ3v) is 8.59. The number of rotatable bonds is 9. The van der Waals surface area contributed by atoms with Crippen LogP contribution in [0.3, 0.4) is 0 Å². The van der Waals surface area contributed by atoms with Gasteiger partial charge in [0.25, 0.3) is 21.6 Å². The molecule has 1 aromatic heterocycles. The van der Waals surface area contributed by atoms with Gasteiger partial charge >= 0.3 is 5.97 Å². The van der Waals surface area contributed by atoms with Gasteiger partial charge in [-0.25, -0.2) is 13.2 Å². The SMILES string of the molecule is O=C(OC(C(=O)Nc1ccc(Cl)c([N+](=O)[O-])c1)c1ccccc1)c1ccc(NS(=O)(=O)c2ccc(Cl)s2)cc1. The molecule has 1 amide bonds. The zero-order valence-corrected chi connectivity index (χ0v) is 22.7. The normalized spacial score (nSPS) is 11.8. The lowest BCUT2D eigenvalue weighted by molar-refractivity contribution is -0.384. The largest absolute Gasteiger partial charge is 0.444 e. The van der Waals surface area contributed by atoms with E-state index < -0.39 is 38.6 Å². The molecule has 0 radical (unpaired) electrons. The molecule has 0 aliphatic heterocycles. The molecule has 200 valence electrons. The predicted molar refractivity (Wildman–Crippen MR) is 148 cm³/mol. The molecule has 3 aromatic carbocycles. The molecular formula is C25H17Cl2N3O7S2. The molecule has 0 saturated carbocycles. The Morgan fingerprint density at radius 2 is 1.59 bits per heavy atom. The summed E-state index contributed by atoms with van der Waals surface area (Å²) in [6.45, 7) is 0. The molecule has 0 fully saturated rings. The summed E-state index contributed by atoms with van der Waals surface area (Å²) in [6.07, 6.45) is -1.41. The van der Waals surface area contributed by atoms with Crippen molar-refractivity contribution >= 4 is 73.5 Å². The number of nitrogens with zero attached hydrogens (tertiary/aromatic N) is 1. The Balaban J connectivity index is 1.51. The summed E-state index contributed by atoms with van der Waals surface area (Å²) in [4.78, 5) is 36.5. The molecule has 4 aromatic rings. The summed E-state index contributed by atoms with van der Waals surface area (Å²) < 4.78 is 33.2. The van der Waals surface area contributed by atoms with Crippen LogP contribution in [0.1, 0.15) is 22.0 Å². The van der Waals surface area contributed by atoms with E-state index in [2.05, 4.69) is 10.0 Å². The van der Waals surface area contributed by atoms with Crippen molar-refractivity contribution in [3.63, 3.8) is 0 Å². The number of amides is 1. The molecule has 0 saturated heterocycles. The molecule has 1 heterocycles. The molecule has 10 nitrogen and oxygen atoms in total. The number of carbonyl (C=O) groups excluding carboxylic acids is 2. The molecule has 14 heteroatoms. The quantitative estimate of drug-likeness (QED) is 0.129. The summed E-state index contributed by atoms with van der Waals surface area (Å²) >= 11 is 12.5. The van der Waals surface area contributed by atoms with Gasteiger partial charge in [-0.1, -0.05) is 53.5 Å². The van der Waals surface area contributed by atoms with Gasteiger partial charge in [0.1, 0.15) is 9.23 Å². The number of carbonyl (C=O) groups is 2. The molecule has 2 N–H and O–H groups in total. The average Bonchev–Trinajstić information content (AvgIpc) is 3.36. The van der Waals surface area contributed by atoms with Crippen LogP contribution in [0.2, 0.25) is 9.36 Å². The highest BCUT2D eigenvalue weighted by Crippen LogP contribution is 2.30. The lowest BCUT2D eigenvalue weighted by Gasteiger charge is -2.18. The van der Waals surface area contributed by atoms with E-state index in [4.69, 9.17) is 27.9 Å². The summed E-state index contributed by atoms with van der Waals surface area (Å²) in [5, 5.41) is 13.6. The van der Waals surface area contributed by atoms with Crippen LogP contribution in [0.5, 0.6) is 0 Å². The molecule has 39 heavy (non-hydrogen) atoms. The van der Waals surface area contributed by atoms with Crippen LogP contribution in [0.15, 0.2) is 89.1 Å². The fourth-order valence-corrected chi connectivity index (χ4v) is 6.06. The highest BCUT2D eigenvalue weighted by molar-refractivity contribution is 7.94. The van der Waals surface area contributed by atoms with E-state index in [0.29, 0.717) is 9.90 Å². The Labute approximate surface area is 236 Å². The molecule has 1 atom stereocenters. The molecule has 0 aliphatic carbocycles. The van der Waals surface area contributed by atoms with Crippen LogP contribution in [-0.2, 0) is 19.6 Å². The Morgan fingerprint density at radius 1 is 0.923 bits per heavy atom. The van der Waals surface area contributed by atoms with Crippen molar-refractivity contribution in [2.75, 3.05) is 10.0 Å². The Kier molecular flexibility index (Phi) is 8.51. The van der Waals surface area contributed by atoms with E-state index in [1.165, 1.54) is 48.5 Å². The first kappa shape index (κ1) is 28.0. The van der Waals surface area contributed by atoms with Crippen LogP contribution in [-0.4, -0.2) is 25.2 Å². The van der Waals surface area contributed by atoms with E-state index in [1.807, 2.05) is 0 Å². The highest BCUT2D eigenvalue weighted by atomic mass is 35.5. The van der Waals surface area contributed by atoms with Crippen LogP contribution in [0.25, 0.3) is 0 Å². The Morgan fingerprint density at radius 3 is 2.21 bits per heavy atom. The second kappa shape index (κ2) is 11.8. The third kappa shape index (κ3) is 6.92. The average molecular weight is 606 g/mol. The smallest absolute Gasteiger partial charge is 0.339 e. The minimum atomic E-state index is -3.87. The topological polar surface area (TPSA) is 145 Å². The number of sulfonamides is 1. The molecule has 0 spiro atoms. The number of thiophene rings is 1. The van der Waals surface area contributed by atoms with E-state index in [9.17, 15) is 28.1 Å². The van der Waals surface area contributed by atoms with Gasteiger partial charge in [0.15, 0.2) is 0 Å². The number of ether oxygens (including phenoxy) is 1. The minimum Gasteiger partial charge on any atom is -0.444 e. The first-order valence-electron chi connectivity index (χ1n) is 10.9. The maximum Gasteiger partial charge on any atom is 0.339 e. The van der Waals surface area contributed by atoms with Gasteiger partial charge in [-0.05, 0) is 48.5 Å². The van der Waals surface area contributed by atoms with Crippen molar-refractivity contribution in [3.8, 4) is 0 Å². The van der Waals surface area contributed by atoms with Gasteiger partial charge in [-0.3, -0.25) is 19.6 Å². The predicted octanol–water partition coefficient (Wildman–Crippen LogP) is 6.30. The van der Waals surface area contributed by atoms with Crippen molar-refractivity contribution in [2.24, 2.45) is 0 Å². The summed E-state index contributed by atoms with van der Waals surface area (Å²) in [7, 11) is -3.87. The fraction of sp³-hybridized carbons (Fsp3) is 0.0400. The third-order valence-electron chi connectivity index (χ3n) is 5.16. The monoisotopic (exact) mass is 605 g/mol. The molecule has 0 bridgehead atoms. The maximum atomic E-state index is 13.1. The Hall–Kier alpha value is -3.97. The van der Waals surface area contributed by atoms with Crippen molar-refractivity contribution in [1.82, 2.24) is 0 Å². The number of nitrogens with one attached hydrogen (secondary N) is 2. The van der Waals surface area contributed by atoms with Gasteiger partial charge in [0.2, 0.25) is 6.10 Å². The number of benzene rings is 3. The lowest BCUT2D eigenvalue weighted by Crippen LogP contribution is -2.26. The van der Waals surface area contributed by atoms with Gasteiger partial charge in [-0.2, -0.15) is 0 Å². The Bertz CT molecular complexity index is 1640. The molecular weight excluding hydrogens is 589 g/mol. The summed E-state index contributed by atoms with van der Waals surface area (Å²) in [6, 6.07) is 20.2. The number of esters is 1. The van der Waals surface area contributed by atoms with Crippen molar-refractivity contribution in [3.05, 3.63) is 116 Å². The van der Waals surface area contributed by atoms with E-state index >= 15 is 0 Å². The van der Waals surface area contributed by atoms with E-state index in [0.717, 1.165) is 17.4 Å². The fourth-order valence-electron chi connectivity index (χ4n) is 3.34. The van der Waals surface area contributed by atoms with Crippen molar-refractivity contribution in [2.45, 2.75) is 10.3 Å². The second-order valence-electron chi connectivity index (χ2n) is 7.85. The molecule has 4 rings (SSSR count). The standard InChI is InChI=1S/C25H17Cl2N3O7S2/c26-19-11-10-18(14-20(19)30(33)34)28-24(31)23(15-4-2-1-3-5-15)37-25(32)16-6-8-17(9-7-16)29-39(35,36)22-13-12-21(27)38-22/h1-14,23,29H,(H,28,31). The second-order valence-corrected chi connectivity index (χ2v) is 11.9. The maximum absolute atomic E-state index is 13.1. The number of hydrogen-bond donors (Lipinski definition) is 2. The van der Waals surface area contributed by atoms with Crippen molar-refractivity contribution in [1.29, 1.82) is 0 Å². The summed E-state index contributed by atoms with van der Waals surface area (Å²) in [5.74, 6) is -1.62. The van der Waals surface area contributed by atoms with Crippen LogP contribution in [0, 0.1) is 10.1 Å². The zero-order valence-electron chi connectivity index (χ0n) is 19.5. The highest BCUT2D eigenvalue weighted by Gasteiger charge is 2.27. The summed E-state index contributed by atoms with van der Waals surface area (Å²) in [5.41, 5.74) is 0.272. The van der Waals surface area contributed by atoms with Crippen LogP contribution in [0.4, 0.5) is 17.1 Å². The number of nitro benzene ring substituents is 1. The minimum absolute atomic E-state index is 0.0266. The van der Waals surface area contributed by atoms with Crippen LogP contribution >= 0.6 is 34.5 Å². The zero-order chi connectivity index (χ0) is 28.2. The first-order valence-corrected chi connectivity index (χ1v) is 14.0. The van der Waals surface area contributed by atoms with E-state index in [1.54, 1.807) is 30.3 Å². The number of anilines is 2. The molecule has 1 unspecified atom stereocenters. The number of nitro groups is 1. The van der Waals surface area contributed by atoms with Gasteiger partial charge in [-0.15, -0.1) is 11.3 Å². The van der Waals surface area contributed by atoms with Crippen molar-refractivity contribution < 1.29 is 27.7 Å².